The van der Waals surface area contributed by atoms with E-state index in [0.29, 0.717) is 0 Å². The van der Waals surface area contributed by atoms with E-state index in [4.69, 9.17) is 4.74 Å². The molecule has 0 spiro atoms. The van der Waals surface area contributed by atoms with Crippen LogP contribution in [0, 0.1) is 13.8 Å². The fourth-order valence-corrected chi connectivity index (χ4v) is 3.16. The number of carbonyl (C=O) groups excluding carboxylic acids is 1. The monoisotopic (exact) mass is 309 g/mol. The van der Waals surface area contributed by atoms with Crippen molar-refractivity contribution in [2.24, 2.45) is 0 Å². The van der Waals surface area contributed by atoms with Gasteiger partial charge in [0.25, 0.3) is 5.91 Å². The maximum atomic E-state index is 12.3. The Morgan fingerprint density at radius 1 is 1.17 bits per heavy atom. The highest BCUT2D eigenvalue weighted by molar-refractivity contribution is 5.78. The van der Waals surface area contributed by atoms with Crippen molar-refractivity contribution < 1.29 is 9.53 Å². The van der Waals surface area contributed by atoms with E-state index in [2.05, 4.69) is 23.5 Å². The quantitative estimate of drug-likeness (QED) is 0.931. The maximum absolute atomic E-state index is 12.3. The van der Waals surface area contributed by atoms with Crippen molar-refractivity contribution in [3.63, 3.8) is 0 Å². The third-order valence-electron chi connectivity index (χ3n) is 4.62. The van der Waals surface area contributed by atoms with Crippen molar-refractivity contribution >= 4 is 5.91 Å². The summed E-state index contributed by atoms with van der Waals surface area (Å²) < 4.78 is 5.70. The summed E-state index contributed by atoms with van der Waals surface area (Å²) >= 11 is 0. The minimum atomic E-state index is -0.0624. The Kier molecular flexibility index (Phi) is 4.65. The molecule has 1 amide bonds. The van der Waals surface area contributed by atoms with Crippen LogP contribution in [0.25, 0.3) is 0 Å². The number of benzene rings is 2. The van der Waals surface area contributed by atoms with Gasteiger partial charge in [0.05, 0.1) is 6.04 Å². The van der Waals surface area contributed by atoms with Crippen LogP contribution < -0.4 is 10.1 Å². The Labute approximate surface area is 137 Å². The van der Waals surface area contributed by atoms with E-state index in [1.54, 1.807) is 0 Å². The Balaban J connectivity index is 1.61. The molecule has 0 bridgehead atoms. The van der Waals surface area contributed by atoms with E-state index in [1.165, 1.54) is 16.7 Å². The number of aryl methyl sites for hydroxylation is 2. The second-order valence-corrected chi connectivity index (χ2v) is 6.20. The lowest BCUT2D eigenvalue weighted by Gasteiger charge is -2.26. The number of ether oxygens (including phenoxy) is 1. The van der Waals surface area contributed by atoms with Gasteiger partial charge in [-0.05, 0) is 61.4 Å². The molecule has 1 aliphatic rings. The normalized spacial score (nSPS) is 16.5. The fourth-order valence-electron chi connectivity index (χ4n) is 3.16. The number of rotatable bonds is 4. The molecule has 0 aliphatic heterocycles. The van der Waals surface area contributed by atoms with E-state index in [0.717, 1.165) is 30.6 Å². The first-order valence-electron chi connectivity index (χ1n) is 8.21. The van der Waals surface area contributed by atoms with Crippen molar-refractivity contribution in [3.8, 4) is 5.75 Å². The van der Waals surface area contributed by atoms with Gasteiger partial charge < -0.3 is 10.1 Å². The minimum Gasteiger partial charge on any atom is -0.483 e. The first kappa shape index (κ1) is 15.6. The number of nitrogens with one attached hydrogen (secondary N) is 1. The van der Waals surface area contributed by atoms with Crippen LogP contribution in [0.2, 0.25) is 0 Å². The summed E-state index contributed by atoms with van der Waals surface area (Å²) in [6.45, 7) is 4.12. The smallest absolute Gasteiger partial charge is 0.258 e. The van der Waals surface area contributed by atoms with Gasteiger partial charge in [-0.3, -0.25) is 4.79 Å². The maximum Gasteiger partial charge on any atom is 0.258 e. The van der Waals surface area contributed by atoms with Crippen LogP contribution in [0.15, 0.2) is 42.5 Å². The Bertz CT molecular complexity index is 709. The largest absolute Gasteiger partial charge is 0.483 e. The molecule has 3 heteroatoms. The molecule has 0 aromatic heterocycles. The average molecular weight is 309 g/mol. The second-order valence-electron chi connectivity index (χ2n) is 6.20. The summed E-state index contributed by atoms with van der Waals surface area (Å²) in [5.74, 6) is 0.719. The first-order valence-corrected chi connectivity index (χ1v) is 8.21. The van der Waals surface area contributed by atoms with Gasteiger partial charge in [0.2, 0.25) is 0 Å². The SMILES string of the molecule is Cc1cccc(OCC(=O)N[C@@H]2CCCc3ccccc32)c1C. The number of fused-ring (bicyclic) bond motifs is 1. The lowest BCUT2D eigenvalue weighted by molar-refractivity contribution is -0.124. The predicted molar refractivity (Wildman–Crippen MR) is 91.7 cm³/mol. The van der Waals surface area contributed by atoms with Gasteiger partial charge in [-0.15, -0.1) is 0 Å². The molecule has 0 radical (unpaired) electrons. The second kappa shape index (κ2) is 6.86. The van der Waals surface area contributed by atoms with Crippen LogP contribution in [0.1, 0.15) is 41.1 Å². The number of amides is 1. The highest BCUT2D eigenvalue weighted by Gasteiger charge is 2.21. The van der Waals surface area contributed by atoms with Crippen LogP contribution >= 0.6 is 0 Å². The molecular weight excluding hydrogens is 286 g/mol. The topological polar surface area (TPSA) is 38.3 Å². The Morgan fingerprint density at radius 2 is 2.00 bits per heavy atom. The Hall–Kier alpha value is -2.29. The van der Waals surface area contributed by atoms with Gasteiger partial charge in [0.15, 0.2) is 6.61 Å². The molecule has 23 heavy (non-hydrogen) atoms. The van der Waals surface area contributed by atoms with E-state index in [-0.39, 0.29) is 18.6 Å². The van der Waals surface area contributed by atoms with Crippen LogP contribution in [0.3, 0.4) is 0 Å². The molecule has 1 N–H and O–H groups in total. The molecule has 0 heterocycles. The summed E-state index contributed by atoms with van der Waals surface area (Å²) in [4.78, 5) is 12.3. The van der Waals surface area contributed by atoms with Crippen molar-refractivity contribution in [2.45, 2.75) is 39.2 Å². The van der Waals surface area contributed by atoms with Crippen molar-refractivity contribution in [1.82, 2.24) is 5.32 Å². The zero-order chi connectivity index (χ0) is 16.2. The average Bonchev–Trinajstić information content (AvgIpc) is 2.56. The van der Waals surface area contributed by atoms with E-state index in [1.807, 2.05) is 38.1 Å². The molecular formula is C20H23NO2. The first-order chi connectivity index (χ1) is 11.1. The molecule has 3 rings (SSSR count). The van der Waals surface area contributed by atoms with Gasteiger partial charge in [-0.2, -0.15) is 0 Å². The third-order valence-corrected chi connectivity index (χ3v) is 4.62. The molecule has 3 nitrogen and oxygen atoms in total. The third kappa shape index (κ3) is 3.55. The zero-order valence-corrected chi connectivity index (χ0v) is 13.8. The minimum absolute atomic E-state index is 0.0585. The molecule has 0 saturated carbocycles. The standard InChI is InChI=1S/C20H23NO2/c1-14-7-5-12-19(15(14)2)23-13-20(22)21-18-11-6-9-16-8-3-4-10-17(16)18/h3-5,7-8,10,12,18H,6,9,11,13H2,1-2H3,(H,21,22)/t18-/m1/s1. The van der Waals surface area contributed by atoms with Gasteiger partial charge in [0, 0.05) is 0 Å². The Morgan fingerprint density at radius 3 is 2.87 bits per heavy atom. The summed E-state index contributed by atoms with van der Waals surface area (Å²) in [6, 6.07) is 14.4. The van der Waals surface area contributed by atoms with E-state index < -0.39 is 0 Å². The molecule has 120 valence electrons. The predicted octanol–water partition coefficient (Wildman–Crippen LogP) is 3.88. The molecule has 0 fully saturated rings. The summed E-state index contributed by atoms with van der Waals surface area (Å²) in [5, 5.41) is 3.12. The van der Waals surface area contributed by atoms with Crippen molar-refractivity contribution in [3.05, 3.63) is 64.7 Å². The number of carbonyl (C=O) groups is 1. The van der Waals surface area contributed by atoms with Gasteiger partial charge in [0.1, 0.15) is 5.75 Å². The van der Waals surface area contributed by atoms with Gasteiger partial charge in [-0.1, -0.05) is 36.4 Å². The van der Waals surface area contributed by atoms with E-state index >= 15 is 0 Å². The molecule has 2 aromatic rings. The van der Waals surface area contributed by atoms with Crippen molar-refractivity contribution in [1.29, 1.82) is 0 Å². The lowest BCUT2D eigenvalue weighted by atomic mass is 9.88. The molecule has 0 unspecified atom stereocenters. The highest BCUT2D eigenvalue weighted by Crippen LogP contribution is 2.29. The van der Waals surface area contributed by atoms with Gasteiger partial charge >= 0.3 is 0 Å². The van der Waals surface area contributed by atoms with Crippen molar-refractivity contribution in [2.75, 3.05) is 6.61 Å². The summed E-state index contributed by atoms with van der Waals surface area (Å²) in [5.41, 5.74) is 4.85. The van der Waals surface area contributed by atoms with Crippen LogP contribution in [-0.4, -0.2) is 12.5 Å². The highest BCUT2D eigenvalue weighted by atomic mass is 16.5. The zero-order valence-electron chi connectivity index (χ0n) is 13.8. The fraction of sp³-hybridized carbons (Fsp3) is 0.350. The lowest BCUT2D eigenvalue weighted by Crippen LogP contribution is -2.34. The number of hydrogen-bond donors (Lipinski definition) is 1. The van der Waals surface area contributed by atoms with Gasteiger partial charge in [-0.25, -0.2) is 0 Å². The van der Waals surface area contributed by atoms with E-state index in [9.17, 15) is 4.79 Å². The number of hydrogen-bond acceptors (Lipinski definition) is 2. The molecule has 0 saturated heterocycles. The molecule has 2 aromatic carbocycles. The molecule has 1 aliphatic carbocycles. The summed E-state index contributed by atoms with van der Waals surface area (Å²) in [6.07, 6.45) is 3.20. The van der Waals surface area contributed by atoms with Crippen LogP contribution in [0.4, 0.5) is 0 Å². The van der Waals surface area contributed by atoms with Crippen LogP contribution in [0.5, 0.6) is 5.75 Å². The molecule has 1 atom stereocenters. The van der Waals surface area contributed by atoms with Crippen LogP contribution in [-0.2, 0) is 11.2 Å². The summed E-state index contributed by atoms with van der Waals surface area (Å²) in [7, 11) is 0.